The van der Waals surface area contributed by atoms with E-state index in [2.05, 4.69) is 5.32 Å². The summed E-state index contributed by atoms with van der Waals surface area (Å²) in [5.41, 5.74) is 1.60. The van der Waals surface area contributed by atoms with Gasteiger partial charge in [-0.1, -0.05) is 18.2 Å². The number of ether oxygens (including phenoxy) is 3. The first-order chi connectivity index (χ1) is 14.1. The first kappa shape index (κ1) is 20.9. The third-order valence-electron chi connectivity index (χ3n) is 5.34. The number of halogens is 1. The van der Waals surface area contributed by atoms with Crippen LogP contribution >= 0.6 is 0 Å². The van der Waals surface area contributed by atoms with Crippen LogP contribution in [0.5, 0.6) is 11.5 Å². The fourth-order valence-corrected chi connectivity index (χ4v) is 3.58. The third kappa shape index (κ3) is 5.15. The Morgan fingerprint density at radius 3 is 2.45 bits per heavy atom. The number of methoxy groups -OCH3 is 2. The van der Waals surface area contributed by atoms with Gasteiger partial charge in [0.15, 0.2) is 11.5 Å². The Morgan fingerprint density at radius 1 is 1.10 bits per heavy atom. The monoisotopic (exact) mass is 399 g/mol. The number of hydrogen-bond acceptors (Lipinski definition) is 4. The van der Waals surface area contributed by atoms with Gasteiger partial charge in [0.25, 0.3) is 0 Å². The van der Waals surface area contributed by atoms with Crippen molar-refractivity contribution >= 4 is 12.0 Å². The standard InChI is InChI=1S/C23H26FNO4/c1-27-20-9-3-17(15-21(20)28-2)4-10-22(26)25-16-23(11-13-29-14-12-23)18-5-7-19(24)8-6-18/h3-10,15H,11-14,16H2,1-2H3,(H,25,26)/b10-4+. The Hall–Kier alpha value is -2.86. The molecule has 2 aromatic rings. The summed E-state index contributed by atoms with van der Waals surface area (Å²) in [7, 11) is 3.15. The first-order valence-electron chi connectivity index (χ1n) is 9.58. The zero-order valence-electron chi connectivity index (χ0n) is 16.7. The molecule has 0 unspecified atom stereocenters. The molecule has 5 nitrogen and oxygen atoms in total. The Bertz CT molecular complexity index is 858. The van der Waals surface area contributed by atoms with Crippen LogP contribution in [0.1, 0.15) is 24.0 Å². The molecule has 0 spiro atoms. The molecule has 1 fully saturated rings. The molecule has 1 aliphatic rings. The van der Waals surface area contributed by atoms with Gasteiger partial charge in [-0.2, -0.15) is 0 Å². The van der Waals surface area contributed by atoms with E-state index in [4.69, 9.17) is 14.2 Å². The molecule has 0 aromatic heterocycles. The molecule has 1 aliphatic heterocycles. The average molecular weight is 399 g/mol. The van der Waals surface area contributed by atoms with Crippen molar-refractivity contribution in [2.75, 3.05) is 34.0 Å². The molecule has 0 radical (unpaired) electrons. The number of carbonyl (C=O) groups excluding carboxylic acids is 1. The van der Waals surface area contributed by atoms with Crippen LogP contribution in [0.4, 0.5) is 4.39 Å². The molecule has 2 aromatic carbocycles. The van der Waals surface area contributed by atoms with E-state index in [0.717, 1.165) is 24.0 Å². The quantitative estimate of drug-likeness (QED) is 0.721. The van der Waals surface area contributed by atoms with Gasteiger partial charge in [0.2, 0.25) is 5.91 Å². The van der Waals surface area contributed by atoms with Crippen LogP contribution in [-0.4, -0.2) is 39.9 Å². The number of rotatable bonds is 7. The van der Waals surface area contributed by atoms with E-state index >= 15 is 0 Å². The topological polar surface area (TPSA) is 56.8 Å². The predicted octanol–water partition coefficient (Wildman–Crippen LogP) is 3.72. The smallest absolute Gasteiger partial charge is 0.244 e. The van der Waals surface area contributed by atoms with E-state index in [1.807, 2.05) is 6.07 Å². The lowest BCUT2D eigenvalue weighted by Crippen LogP contribution is -2.44. The second-order valence-corrected chi connectivity index (χ2v) is 7.07. The van der Waals surface area contributed by atoms with Gasteiger partial charge in [0.1, 0.15) is 5.82 Å². The summed E-state index contributed by atoms with van der Waals surface area (Å²) in [6, 6.07) is 12.0. The van der Waals surface area contributed by atoms with Crippen LogP contribution in [0.3, 0.4) is 0 Å². The SMILES string of the molecule is COc1ccc(/C=C/C(=O)NCC2(c3ccc(F)cc3)CCOCC2)cc1OC. The highest BCUT2D eigenvalue weighted by molar-refractivity contribution is 5.91. The maximum absolute atomic E-state index is 13.3. The summed E-state index contributed by atoms with van der Waals surface area (Å²) in [5.74, 6) is 0.785. The van der Waals surface area contributed by atoms with E-state index in [1.54, 1.807) is 44.6 Å². The lowest BCUT2D eigenvalue weighted by molar-refractivity contribution is -0.116. The Balaban J connectivity index is 1.67. The lowest BCUT2D eigenvalue weighted by Gasteiger charge is -2.37. The molecule has 0 atom stereocenters. The highest BCUT2D eigenvalue weighted by Crippen LogP contribution is 2.34. The fourth-order valence-electron chi connectivity index (χ4n) is 3.58. The zero-order valence-corrected chi connectivity index (χ0v) is 16.7. The highest BCUT2D eigenvalue weighted by Gasteiger charge is 2.34. The second kappa shape index (κ2) is 9.56. The molecule has 3 rings (SSSR count). The minimum absolute atomic E-state index is 0.187. The predicted molar refractivity (Wildman–Crippen MR) is 110 cm³/mol. The van der Waals surface area contributed by atoms with E-state index in [9.17, 15) is 9.18 Å². The van der Waals surface area contributed by atoms with Crippen LogP contribution < -0.4 is 14.8 Å². The second-order valence-electron chi connectivity index (χ2n) is 7.07. The van der Waals surface area contributed by atoms with E-state index < -0.39 is 0 Å². The fraction of sp³-hybridized carbons (Fsp3) is 0.348. The molecule has 1 amide bonds. The van der Waals surface area contributed by atoms with Crippen LogP contribution in [0.2, 0.25) is 0 Å². The van der Waals surface area contributed by atoms with Crippen LogP contribution in [0, 0.1) is 5.82 Å². The van der Waals surface area contributed by atoms with Crippen LogP contribution in [-0.2, 0) is 14.9 Å². The van der Waals surface area contributed by atoms with Gasteiger partial charge in [-0.3, -0.25) is 4.79 Å². The van der Waals surface area contributed by atoms with Crippen molar-refractivity contribution in [3.8, 4) is 11.5 Å². The van der Waals surface area contributed by atoms with Gasteiger partial charge in [-0.15, -0.1) is 0 Å². The number of hydrogen-bond donors (Lipinski definition) is 1. The van der Waals surface area contributed by atoms with Crippen LogP contribution in [0.15, 0.2) is 48.5 Å². The van der Waals surface area contributed by atoms with E-state index in [0.29, 0.717) is 31.3 Å². The molecule has 0 saturated carbocycles. The summed E-state index contributed by atoms with van der Waals surface area (Å²) in [4.78, 5) is 12.4. The van der Waals surface area contributed by atoms with Gasteiger partial charge in [0.05, 0.1) is 14.2 Å². The molecule has 1 saturated heterocycles. The van der Waals surface area contributed by atoms with Crippen molar-refractivity contribution in [1.29, 1.82) is 0 Å². The van der Waals surface area contributed by atoms with E-state index in [1.165, 1.54) is 18.2 Å². The average Bonchev–Trinajstić information content (AvgIpc) is 2.77. The van der Waals surface area contributed by atoms with Gasteiger partial charge in [-0.25, -0.2) is 4.39 Å². The molecule has 6 heteroatoms. The molecular weight excluding hydrogens is 373 g/mol. The summed E-state index contributed by atoms with van der Waals surface area (Å²) in [6.07, 6.45) is 4.78. The molecular formula is C23H26FNO4. The third-order valence-corrected chi connectivity index (χ3v) is 5.34. The molecule has 29 heavy (non-hydrogen) atoms. The van der Waals surface area contributed by atoms with Crippen molar-refractivity contribution in [3.05, 3.63) is 65.5 Å². The Morgan fingerprint density at radius 2 is 1.79 bits per heavy atom. The Kier molecular flexibility index (Phi) is 6.88. The van der Waals surface area contributed by atoms with Gasteiger partial charge >= 0.3 is 0 Å². The molecule has 1 heterocycles. The summed E-state index contributed by atoms with van der Waals surface area (Å²) >= 11 is 0. The summed E-state index contributed by atoms with van der Waals surface area (Å²) in [5, 5.41) is 3.00. The van der Waals surface area contributed by atoms with Crippen molar-refractivity contribution in [1.82, 2.24) is 5.32 Å². The van der Waals surface area contributed by atoms with Crippen molar-refractivity contribution in [3.63, 3.8) is 0 Å². The lowest BCUT2D eigenvalue weighted by atomic mass is 9.74. The Labute approximate surface area is 170 Å². The number of carbonyl (C=O) groups is 1. The maximum atomic E-state index is 13.3. The van der Waals surface area contributed by atoms with E-state index in [-0.39, 0.29) is 17.1 Å². The minimum Gasteiger partial charge on any atom is -0.493 e. The largest absolute Gasteiger partial charge is 0.493 e. The van der Waals surface area contributed by atoms with Gasteiger partial charge in [0, 0.05) is 31.2 Å². The molecule has 0 bridgehead atoms. The highest BCUT2D eigenvalue weighted by atomic mass is 19.1. The number of nitrogens with one attached hydrogen (secondary N) is 1. The molecule has 1 N–H and O–H groups in total. The van der Waals surface area contributed by atoms with Crippen LogP contribution in [0.25, 0.3) is 6.08 Å². The number of benzene rings is 2. The first-order valence-corrected chi connectivity index (χ1v) is 9.58. The van der Waals surface area contributed by atoms with Crippen molar-refractivity contribution in [2.24, 2.45) is 0 Å². The molecule has 0 aliphatic carbocycles. The summed E-state index contributed by atoms with van der Waals surface area (Å²) < 4.78 is 29.3. The summed E-state index contributed by atoms with van der Waals surface area (Å²) in [6.45, 7) is 1.71. The maximum Gasteiger partial charge on any atom is 0.244 e. The molecule has 154 valence electrons. The van der Waals surface area contributed by atoms with Gasteiger partial charge in [-0.05, 0) is 54.3 Å². The van der Waals surface area contributed by atoms with Gasteiger partial charge < -0.3 is 19.5 Å². The minimum atomic E-state index is -0.266. The zero-order chi connectivity index (χ0) is 20.7. The number of amides is 1. The van der Waals surface area contributed by atoms with Crippen molar-refractivity contribution in [2.45, 2.75) is 18.3 Å². The van der Waals surface area contributed by atoms with Crippen molar-refractivity contribution < 1.29 is 23.4 Å². The normalized spacial score (nSPS) is 15.8.